The van der Waals surface area contributed by atoms with Crippen LogP contribution in [0.15, 0.2) is 18.2 Å². The van der Waals surface area contributed by atoms with Crippen LogP contribution in [0.25, 0.3) is 0 Å². The van der Waals surface area contributed by atoms with Crippen molar-refractivity contribution in [2.24, 2.45) is 0 Å². The van der Waals surface area contributed by atoms with Crippen molar-refractivity contribution in [2.45, 2.75) is 25.8 Å². The highest BCUT2D eigenvalue weighted by Gasteiger charge is 2.33. The van der Waals surface area contributed by atoms with Crippen molar-refractivity contribution in [3.63, 3.8) is 0 Å². The van der Waals surface area contributed by atoms with Crippen LogP contribution in [0, 0.1) is 0 Å². The first-order valence-electron chi connectivity index (χ1n) is 5.30. The number of aliphatic carboxylic acids is 1. The Kier molecular flexibility index (Phi) is 4.59. The summed E-state index contributed by atoms with van der Waals surface area (Å²) in [6, 6.07) is 4.36. The first-order chi connectivity index (χ1) is 8.28. The molecule has 0 bridgehead atoms. The lowest BCUT2D eigenvalue weighted by Crippen LogP contribution is -2.51. The maximum absolute atomic E-state index is 11.9. The van der Waals surface area contributed by atoms with E-state index in [2.05, 4.69) is 5.32 Å². The van der Waals surface area contributed by atoms with Crippen LogP contribution in [0.4, 0.5) is 0 Å². The maximum atomic E-state index is 11.9. The standard InChI is InChI=1S/C12H13Cl2NO3/c1-3-12(2,11(17)18)15-10(16)7-4-8(13)6-9(14)5-7/h4-6H,3H2,1-2H3,(H,15,16)(H,17,18). The number of halogens is 2. The van der Waals surface area contributed by atoms with E-state index in [1.54, 1.807) is 6.92 Å². The monoisotopic (exact) mass is 289 g/mol. The highest BCUT2D eigenvalue weighted by Crippen LogP contribution is 2.20. The molecule has 0 heterocycles. The van der Waals surface area contributed by atoms with E-state index in [4.69, 9.17) is 28.3 Å². The van der Waals surface area contributed by atoms with E-state index in [0.29, 0.717) is 10.0 Å². The van der Waals surface area contributed by atoms with Crippen LogP contribution in [0.3, 0.4) is 0 Å². The molecule has 4 nitrogen and oxygen atoms in total. The van der Waals surface area contributed by atoms with Gasteiger partial charge in [-0.25, -0.2) is 4.79 Å². The molecule has 1 atom stereocenters. The molecule has 0 radical (unpaired) electrons. The minimum Gasteiger partial charge on any atom is -0.480 e. The normalized spacial score (nSPS) is 13.8. The molecule has 2 N–H and O–H groups in total. The van der Waals surface area contributed by atoms with Gasteiger partial charge in [0.15, 0.2) is 0 Å². The number of carboxylic acids is 1. The average Bonchev–Trinajstić information content (AvgIpc) is 2.27. The lowest BCUT2D eigenvalue weighted by molar-refractivity contribution is -0.143. The third kappa shape index (κ3) is 3.37. The quantitative estimate of drug-likeness (QED) is 0.895. The zero-order valence-electron chi connectivity index (χ0n) is 9.96. The first-order valence-corrected chi connectivity index (χ1v) is 6.06. The Bertz CT molecular complexity index is 470. The molecule has 0 saturated heterocycles. The van der Waals surface area contributed by atoms with Gasteiger partial charge in [0, 0.05) is 15.6 Å². The Labute approximate surface area is 115 Å². The van der Waals surface area contributed by atoms with E-state index < -0.39 is 17.4 Å². The molecule has 0 aliphatic heterocycles. The number of nitrogens with one attached hydrogen (secondary N) is 1. The number of carbonyl (C=O) groups is 2. The molecule has 18 heavy (non-hydrogen) atoms. The number of carbonyl (C=O) groups excluding carboxylic acids is 1. The summed E-state index contributed by atoms with van der Waals surface area (Å²) in [6.45, 7) is 3.12. The Hall–Kier alpha value is -1.26. The number of hydrogen-bond donors (Lipinski definition) is 2. The second-order valence-corrected chi connectivity index (χ2v) is 4.98. The zero-order valence-corrected chi connectivity index (χ0v) is 11.5. The fraction of sp³-hybridized carbons (Fsp3) is 0.333. The third-order valence-electron chi connectivity index (χ3n) is 2.69. The molecule has 1 aromatic rings. The number of benzene rings is 1. The van der Waals surface area contributed by atoms with Crippen molar-refractivity contribution in [3.8, 4) is 0 Å². The van der Waals surface area contributed by atoms with Gasteiger partial charge in [-0.15, -0.1) is 0 Å². The van der Waals surface area contributed by atoms with Gasteiger partial charge >= 0.3 is 5.97 Å². The Morgan fingerprint density at radius 3 is 2.17 bits per heavy atom. The van der Waals surface area contributed by atoms with E-state index in [-0.39, 0.29) is 12.0 Å². The van der Waals surface area contributed by atoms with Gasteiger partial charge in [0.2, 0.25) is 0 Å². The number of amides is 1. The maximum Gasteiger partial charge on any atom is 0.329 e. The average molecular weight is 290 g/mol. The van der Waals surface area contributed by atoms with Crippen molar-refractivity contribution in [1.29, 1.82) is 0 Å². The van der Waals surface area contributed by atoms with Crippen LogP contribution >= 0.6 is 23.2 Å². The minimum atomic E-state index is -1.31. The summed E-state index contributed by atoms with van der Waals surface area (Å²) in [5, 5.41) is 12.2. The van der Waals surface area contributed by atoms with Gasteiger partial charge in [0.25, 0.3) is 5.91 Å². The molecule has 0 fully saturated rings. The van der Waals surface area contributed by atoms with Crippen LogP contribution in [0.5, 0.6) is 0 Å². The molecule has 1 unspecified atom stereocenters. The predicted molar refractivity (Wildman–Crippen MR) is 70.3 cm³/mol. The summed E-state index contributed by atoms with van der Waals surface area (Å²) in [7, 11) is 0. The van der Waals surface area contributed by atoms with Gasteiger partial charge < -0.3 is 10.4 Å². The fourth-order valence-corrected chi connectivity index (χ4v) is 1.83. The molecule has 0 aliphatic carbocycles. The summed E-state index contributed by atoms with van der Waals surface area (Å²) in [5.74, 6) is -1.61. The smallest absolute Gasteiger partial charge is 0.329 e. The third-order valence-corrected chi connectivity index (χ3v) is 3.13. The molecule has 1 rings (SSSR count). The minimum absolute atomic E-state index is 0.230. The number of hydrogen-bond acceptors (Lipinski definition) is 2. The number of carboxylic acid groups (broad SMARTS) is 1. The summed E-state index contributed by atoms with van der Waals surface area (Å²) in [4.78, 5) is 23.0. The Balaban J connectivity index is 2.98. The molecule has 0 saturated carbocycles. The Morgan fingerprint density at radius 2 is 1.78 bits per heavy atom. The van der Waals surface area contributed by atoms with E-state index in [1.807, 2.05) is 0 Å². The molecule has 6 heteroatoms. The van der Waals surface area contributed by atoms with Gasteiger partial charge in [0.1, 0.15) is 5.54 Å². The van der Waals surface area contributed by atoms with Gasteiger partial charge in [0.05, 0.1) is 0 Å². The predicted octanol–water partition coefficient (Wildman–Crippen LogP) is 2.98. The molecule has 98 valence electrons. The van der Waals surface area contributed by atoms with Crippen LogP contribution in [-0.4, -0.2) is 22.5 Å². The lowest BCUT2D eigenvalue weighted by Gasteiger charge is -2.24. The molecule has 0 aliphatic rings. The van der Waals surface area contributed by atoms with Crippen molar-refractivity contribution >= 4 is 35.1 Å². The Morgan fingerprint density at radius 1 is 1.28 bits per heavy atom. The van der Waals surface area contributed by atoms with Gasteiger partial charge in [-0.05, 0) is 31.5 Å². The van der Waals surface area contributed by atoms with Crippen molar-refractivity contribution in [2.75, 3.05) is 0 Å². The van der Waals surface area contributed by atoms with Crippen molar-refractivity contribution < 1.29 is 14.7 Å². The van der Waals surface area contributed by atoms with Gasteiger partial charge in [-0.3, -0.25) is 4.79 Å². The van der Waals surface area contributed by atoms with Crippen molar-refractivity contribution in [3.05, 3.63) is 33.8 Å². The fourth-order valence-electron chi connectivity index (χ4n) is 1.30. The summed E-state index contributed by atoms with van der Waals surface area (Å²) >= 11 is 11.6. The van der Waals surface area contributed by atoms with Gasteiger partial charge in [-0.2, -0.15) is 0 Å². The van der Waals surface area contributed by atoms with Crippen LogP contribution in [-0.2, 0) is 4.79 Å². The summed E-state index contributed by atoms with van der Waals surface area (Å²) in [6.07, 6.45) is 0.266. The molecule has 0 spiro atoms. The first kappa shape index (κ1) is 14.8. The number of rotatable bonds is 4. The second-order valence-electron chi connectivity index (χ2n) is 4.10. The molecule has 1 aromatic carbocycles. The highest BCUT2D eigenvalue weighted by molar-refractivity contribution is 6.35. The largest absolute Gasteiger partial charge is 0.480 e. The lowest BCUT2D eigenvalue weighted by atomic mass is 9.98. The van der Waals surface area contributed by atoms with Gasteiger partial charge in [-0.1, -0.05) is 30.1 Å². The SMILES string of the molecule is CCC(C)(NC(=O)c1cc(Cl)cc(Cl)c1)C(=O)O. The van der Waals surface area contributed by atoms with Crippen LogP contribution in [0.1, 0.15) is 30.6 Å². The van der Waals surface area contributed by atoms with E-state index in [0.717, 1.165) is 0 Å². The van der Waals surface area contributed by atoms with Crippen molar-refractivity contribution in [1.82, 2.24) is 5.32 Å². The summed E-state index contributed by atoms with van der Waals surface area (Å²) in [5.41, 5.74) is -1.08. The van der Waals surface area contributed by atoms with E-state index in [9.17, 15) is 9.59 Å². The highest BCUT2D eigenvalue weighted by atomic mass is 35.5. The molecule has 0 aromatic heterocycles. The zero-order chi connectivity index (χ0) is 13.9. The molecular weight excluding hydrogens is 277 g/mol. The van der Waals surface area contributed by atoms with Crippen LogP contribution < -0.4 is 5.32 Å². The topological polar surface area (TPSA) is 66.4 Å². The second kappa shape index (κ2) is 5.59. The van der Waals surface area contributed by atoms with Crippen LogP contribution in [0.2, 0.25) is 10.0 Å². The molecular formula is C12H13Cl2NO3. The van der Waals surface area contributed by atoms with E-state index in [1.165, 1.54) is 25.1 Å². The van der Waals surface area contributed by atoms with E-state index >= 15 is 0 Å². The summed E-state index contributed by atoms with van der Waals surface area (Å²) < 4.78 is 0. The molecule has 1 amide bonds.